The predicted octanol–water partition coefficient (Wildman–Crippen LogP) is 2.76. The average Bonchev–Trinajstić information content (AvgIpc) is 3.20. The SMILES string of the molecule is CC1CCC(C)N1C1CCCN(C(=O)c2cc(C3CC3)[nH]n2)C1. The first-order valence-electron chi connectivity index (χ1n) is 9.25. The van der Waals surface area contributed by atoms with Gasteiger partial charge in [0.1, 0.15) is 5.69 Å². The molecular weight excluding hydrogens is 288 g/mol. The fourth-order valence-electron chi connectivity index (χ4n) is 4.53. The standard InChI is InChI=1S/C18H28N4O/c1-12-5-6-13(2)22(12)15-4-3-9-21(11-15)18(23)17-10-16(19-20-17)14-7-8-14/h10,12-15H,3-9,11H2,1-2H3,(H,19,20). The lowest BCUT2D eigenvalue weighted by Crippen LogP contribution is -2.52. The van der Waals surface area contributed by atoms with Gasteiger partial charge in [0.15, 0.2) is 0 Å². The monoisotopic (exact) mass is 316 g/mol. The van der Waals surface area contributed by atoms with Crippen molar-refractivity contribution < 1.29 is 4.79 Å². The molecule has 3 heterocycles. The fraction of sp³-hybridized carbons (Fsp3) is 0.778. The van der Waals surface area contributed by atoms with E-state index in [2.05, 4.69) is 28.9 Å². The molecule has 0 aromatic carbocycles. The number of carbonyl (C=O) groups is 1. The molecule has 126 valence electrons. The first kappa shape index (κ1) is 15.2. The fourth-order valence-corrected chi connectivity index (χ4v) is 4.53. The highest BCUT2D eigenvalue weighted by atomic mass is 16.2. The van der Waals surface area contributed by atoms with Crippen molar-refractivity contribution in [2.75, 3.05) is 13.1 Å². The Labute approximate surface area is 138 Å². The molecule has 3 aliphatic rings. The zero-order chi connectivity index (χ0) is 16.0. The lowest BCUT2D eigenvalue weighted by molar-refractivity contribution is 0.0482. The van der Waals surface area contributed by atoms with E-state index in [1.165, 1.54) is 32.1 Å². The number of nitrogens with zero attached hydrogens (tertiary/aromatic N) is 3. The number of rotatable bonds is 3. The van der Waals surface area contributed by atoms with Gasteiger partial charge in [-0.1, -0.05) is 0 Å². The summed E-state index contributed by atoms with van der Waals surface area (Å²) in [6, 6.07) is 3.79. The van der Waals surface area contributed by atoms with E-state index in [1.807, 2.05) is 11.0 Å². The molecule has 23 heavy (non-hydrogen) atoms. The molecular formula is C18H28N4O. The largest absolute Gasteiger partial charge is 0.336 e. The molecule has 2 aliphatic heterocycles. The molecule has 0 spiro atoms. The van der Waals surface area contributed by atoms with Crippen molar-refractivity contribution in [2.45, 2.75) is 76.4 Å². The highest BCUT2D eigenvalue weighted by Gasteiger charge is 2.37. The third-order valence-electron chi connectivity index (χ3n) is 5.96. The van der Waals surface area contributed by atoms with E-state index in [4.69, 9.17) is 0 Å². The third kappa shape index (κ3) is 2.91. The lowest BCUT2D eigenvalue weighted by Gasteiger charge is -2.41. The quantitative estimate of drug-likeness (QED) is 0.933. The number of amides is 1. The summed E-state index contributed by atoms with van der Waals surface area (Å²) >= 11 is 0. The molecule has 1 saturated carbocycles. The number of carbonyl (C=O) groups excluding carboxylic acids is 1. The van der Waals surface area contributed by atoms with Crippen LogP contribution < -0.4 is 0 Å². The lowest BCUT2D eigenvalue weighted by atomic mass is 10.0. The van der Waals surface area contributed by atoms with Crippen LogP contribution in [0.15, 0.2) is 6.07 Å². The molecule has 0 radical (unpaired) electrons. The average molecular weight is 316 g/mol. The van der Waals surface area contributed by atoms with Gasteiger partial charge in [-0.25, -0.2) is 0 Å². The molecule has 1 aromatic rings. The zero-order valence-corrected chi connectivity index (χ0v) is 14.3. The second-order valence-electron chi connectivity index (χ2n) is 7.75. The highest BCUT2D eigenvalue weighted by molar-refractivity contribution is 5.92. The van der Waals surface area contributed by atoms with Gasteiger partial charge in [0, 0.05) is 42.8 Å². The smallest absolute Gasteiger partial charge is 0.274 e. The molecule has 5 nitrogen and oxygen atoms in total. The number of hydrogen-bond donors (Lipinski definition) is 1. The Hall–Kier alpha value is -1.36. The summed E-state index contributed by atoms with van der Waals surface area (Å²) in [5, 5.41) is 7.34. The van der Waals surface area contributed by atoms with E-state index in [0.29, 0.717) is 29.7 Å². The van der Waals surface area contributed by atoms with Crippen LogP contribution in [0.2, 0.25) is 0 Å². The predicted molar refractivity (Wildman–Crippen MR) is 89.5 cm³/mol. The number of likely N-dealkylation sites (tertiary alicyclic amines) is 2. The minimum Gasteiger partial charge on any atom is -0.336 e. The van der Waals surface area contributed by atoms with Gasteiger partial charge in [-0.3, -0.25) is 14.8 Å². The minimum atomic E-state index is 0.109. The van der Waals surface area contributed by atoms with Crippen LogP contribution in [0.5, 0.6) is 0 Å². The number of hydrogen-bond acceptors (Lipinski definition) is 3. The summed E-state index contributed by atoms with van der Waals surface area (Å²) < 4.78 is 0. The van der Waals surface area contributed by atoms with Crippen molar-refractivity contribution in [3.63, 3.8) is 0 Å². The van der Waals surface area contributed by atoms with Gasteiger partial charge in [0.05, 0.1) is 0 Å². The van der Waals surface area contributed by atoms with E-state index >= 15 is 0 Å². The molecule has 3 atom stereocenters. The second-order valence-corrected chi connectivity index (χ2v) is 7.75. The van der Waals surface area contributed by atoms with Crippen LogP contribution in [0.1, 0.15) is 74.5 Å². The van der Waals surface area contributed by atoms with Crippen molar-refractivity contribution in [3.05, 3.63) is 17.5 Å². The van der Waals surface area contributed by atoms with Gasteiger partial charge in [0.25, 0.3) is 5.91 Å². The van der Waals surface area contributed by atoms with Gasteiger partial charge < -0.3 is 4.90 Å². The third-order valence-corrected chi connectivity index (χ3v) is 5.96. The van der Waals surface area contributed by atoms with Crippen LogP contribution in [-0.2, 0) is 0 Å². The Kier molecular flexibility index (Phi) is 3.92. The number of nitrogens with one attached hydrogen (secondary N) is 1. The Morgan fingerprint density at radius 3 is 2.61 bits per heavy atom. The normalized spacial score (nSPS) is 32.4. The maximum absolute atomic E-state index is 12.8. The molecule has 5 heteroatoms. The van der Waals surface area contributed by atoms with Crippen molar-refractivity contribution >= 4 is 5.91 Å². The van der Waals surface area contributed by atoms with Gasteiger partial charge >= 0.3 is 0 Å². The van der Waals surface area contributed by atoms with Crippen LogP contribution in [0, 0.1) is 0 Å². The number of piperidine rings is 1. The summed E-state index contributed by atoms with van der Waals surface area (Å²) in [6.07, 6.45) is 7.35. The molecule has 1 aliphatic carbocycles. The van der Waals surface area contributed by atoms with Crippen LogP contribution in [0.4, 0.5) is 0 Å². The Morgan fingerprint density at radius 1 is 1.17 bits per heavy atom. The molecule has 1 amide bonds. The Morgan fingerprint density at radius 2 is 1.91 bits per heavy atom. The Balaban J connectivity index is 1.44. The molecule has 3 fully saturated rings. The number of H-pyrrole nitrogens is 1. The first-order chi connectivity index (χ1) is 11.1. The van der Waals surface area contributed by atoms with Crippen molar-refractivity contribution in [1.29, 1.82) is 0 Å². The maximum atomic E-state index is 12.8. The summed E-state index contributed by atoms with van der Waals surface area (Å²) in [4.78, 5) is 17.5. The molecule has 2 saturated heterocycles. The zero-order valence-electron chi connectivity index (χ0n) is 14.3. The van der Waals surface area contributed by atoms with Gasteiger partial charge in [-0.15, -0.1) is 0 Å². The highest BCUT2D eigenvalue weighted by Crippen LogP contribution is 2.39. The van der Waals surface area contributed by atoms with Crippen LogP contribution in [-0.4, -0.2) is 57.1 Å². The molecule has 4 rings (SSSR count). The van der Waals surface area contributed by atoms with Gasteiger partial charge in [0.2, 0.25) is 0 Å². The van der Waals surface area contributed by atoms with Crippen molar-refractivity contribution in [3.8, 4) is 0 Å². The van der Waals surface area contributed by atoms with Crippen LogP contribution >= 0.6 is 0 Å². The summed E-state index contributed by atoms with van der Waals surface area (Å²) in [6.45, 7) is 6.40. The summed E-state index contributed by atoms with van der Waals surface area (Å²) in [5.41, 5.74) is 1.75. The minimum absolute atomic E-state index is 0.109. The van der Waals surface area contributed by atoms with E-state index in [1.54, 1.807) is 0 Å². The molecule has 1 N–H and O–H groups in total. The molecule has 0 bridgehead atoms. The molecule has 1 aromatic heterocycles. The first-order valence-corrected chi connectivity index (χ1v) is 9.25. The van der Waals surface area contributed by atoms with Gasteiger partial charge in [-0.2, -0.15) is 5.10 Å². The second kappa shape index (κ2) is 5.93. The van der Waals surface area contributed by atoms with E-state index in [0.717, 1.165) is 25.2 Å². The van der Waals surface area contributed by atoms with E-state index in [9.17, 15) is 4.79 Å². The van der Waals surface area contributed by atoms with Crippen LogP contribution in [0.25, 0.3) is 0 Å². The molecule has 3 unspecified atom stereocenters. The topological polar surface area (TPSA) is 52.2 Å². The van der Waals surface area contributed by atoms with Crippen LogP contribution in [0.3, 0.4) is 0 Å². The maximum Gasteiger partial charge on any atom is 0.274 e. The van der Waals surface area contributed by atoms with Gasteiger partial charge in [-0.05, 0) is 58.4 Å². The van der Waals surface area contributed by atoms with E-state index < -0.39 is 0 Å². The van der Waals surface area contributed by atoms with E-state index in [-0.39, 0.29) is 5.91 Å². The summed E-state index contributed by atoms with van der Waals surface area (Å²) in [5.74, 6) is 0.724. The van der Waals surface area contributed by atoms with Crippen molar-refractivity contribution in [1.82, 2.24) is 20.0 Å². The number of aromatic nitrogens is 2. The summed E-state index contributed by atoms with van der Waals surface area (Å²) in [7, 11) is 0. The van der Waals surface area contributed by atoms with Crippen molar-refractivity contribution in [2.24, 2.45) is 0 Å². The number of aromatic amines is 1. The Bertz CT molecular complexity index is 569.